The van der Waals surface area contributed by atoms with Crippen molar-refractivity contribution in [3.8, 4) is 61.8 Å². The van der Waals surface area contributed by atoms with Crippen molar-refractivity contribution in [3.63, 3.8) is 0 Å². The summed E-state index contributed by atoms with van der Waals surface area (Å²) in [6, 6.07) is 69.8. The first kappa shape index (κ1) is 43.3. The maximum Gasteiger partial charge on any atom is 0.137 e. The van der Waals surface area contributed by atoms with Crippen LogP contribution in [0.1, 0.15) is 97.3 Å². The van der Waals surface area contributed by atoms with Gasteiger partial charge in [-0.2, -0.15) is 0 Å². The molecule has 1 aliphatic heterocycles. The van der Waals surface area contributed by atoms with E-state index in [1.54, 1.807) is 12.3 Å². The molecule has 79 heavy (non-hydrogen) atoms. The summed E-state index contributed by atoms with van der Waals surface area (Å²) in [6.45, 7) is 11.7. The van der Waals surface area contributed by atoms with E-state index in [0.29, 0.717) is 40.7 Å². The van der Waals surface area contributed by atoms with Gasteiger partial charge < -0.3 is 14.5 Å². The second kappa shape index (κ2) is 19.1. The molecule has 5 nitrogen and oxygen atoms in total. The minimum Gasteiger partial charge on any atom is -0.457 e. The Morgan fingerprint density at radius 2 is 1.10 bits per heavy atom. The molecule has 0 bridgehead atoms. The van der Waals surface area contributed by atoms with Crippen LogP contribution in [0.15, 0.2) is 212 Å². The predicted octanol–water partition coefficient (Wildman–Crippen LogP) is 20.1. The number of anilines is 4. The van der Waals surface area contributed by atoms with Gasteiger partial charge in [0, 0.05) is 59.7 Å². The van der Waals surface area contributed by atoms with E-state index in [2.05, 4.69) is 174 Å². The van der Waals surface area contributed by atoms with E-state index >= 15 is 0 Å². The zero-order valence-corrected chi connectivity index (χ0v) is 46.0. The molecule has 0 radical (unpaired) electrons. The number of benzene rings is 9. The Balaban J connectivity index is 0.906. The molecule has 13 rings (SSSR count). The number of pyridine rings is 1. The maximum atomic E-state index is 8.97. The van der Waals surface area contributed by atoms with Gasteiger partial charge in [-0.3, -0.25) is 4.57 Å². The summed E-state index contributed by atoms with van der Waals surface area (Å²) in [5.41, 5.74) is 16.9. The topological polar surface area (TPSA) is 33.5 Å². The fraction of sp³-hybridized carbons (Fsp3) is 0.203. The van der Waals surface area contributed by atoms with Crippen LogP contribution in [0.5, 0.6) is 11.5 Å². The Morgan fingerprint density at radius 3 is 1.86 bits per heavy atom. The van der Waals surface area contributed by atoms with Crippen molar-refractivity contribution in [1.29, 1.82) is 0 Å². The zero-order chi connectivity index (χ0) is 59.4. The van der Waals surface area contributed by atoms with Crippen LogP contribution in [0, 0.1) is 13.7 Å². The average Bonchev–Trinajstić information content (AvgIpc) is 2.11. The summed E-state index contributed by atoms with van der Waals surface area (Å²) >= 11 is 0. The second-order valence-corrected chi connectivity index (χ2v) is 23.9. The fourth-order valence-electron chi connectivity index (χ4n) is 12.3. The van der Waals surface area contributed by atoms with Gasteiger partial charge in [0.25, 0.3) is 0 Å². The molecule has 5 heteroatoms. The van der Waals surface area contributed by atoms with E-state index < -0.39 is 13.7 Å². The van der Waals surface area contributed by atoms with Crippen LogP contribution in [0.4, 0.5) is 22.7 Å². The lowest BCUT2D eigenvalue weighted by Gasteiger charge is -2.42. The average molecular weight is 1040 g/mol. The van der Waals surface area contributed by atoms with Crippen LogP contribution >= 0.6 is 0 Å². The first-order chi connectivity index (χ1) is 40.5. The molecule has 0 amide bonds. The SMILES string of the molecule is [2H]C([2H])([2H])c1cc(-c2cccc(-c3ccc4c(c3)C(C)(C)CCC4(C)C)c2N2CN(c3cccc(Oc4ccc5c6ccccc6n(-c6cc(C([2H])([2H])[2H])c(-c7ccccc7)cn6)c5c4)c3)c3ccccc32)ccc1-c1ccc(C(C)(C)C)cc1. The van der Waals surface area contributed by atoms with Gasteiger partial charge >= 0.3 is 0 Å². The molecule has 390 valence electrons. The molecular weight excluding hydrogens is 961 g/mol. The highest BCUT2D eigenvalue weighted by Crippen LogP contribution is 2.53. The summed E-state index contributed by atoms with van der Waals surface area (Å²) in [4.78, 5) is 9.64. The number of ether oxygens (including phenoxy) is 1. The summed E-state index contributed by atoms with van der Waals surface area (Å²) in [5.74, 6) is 1.74. The van der Waals surface area contributed by atoms with E-state index in [-0.39, 0.29) is 21.8 Å². The minimum atomic E-state index is -2.39. The number of rotatable bonds is 9. The first-order valence-corrected chi connectivity index (χ1v) is 27.6. The Morgan fingerprint density at radius 1 is 0.481 bits per heavy atom. The first-order valence-electron chi connectivity index (χ1n) is 30.6. The molecule has 9 aromatic carbocycles. The Bertz CT molecular complexity index is 4400. The lowest BCUT2D eigenvalue weighted by Crippen LogP contribution is -2.33. The van der Waals surface area contributed by atoms with Crippen LogP contribution in [0.3, 0.4) is 0 Å². The van der Waals surface area contributed by atoms with Gasteiger partial charge in [-0.1, -0.05) is 194 Å². The number of para-hydroxylation sites is 4. The summed E-state index contributed by atoms with van der Waals surface area (Å²) in [6.07, 6.45) is 3.87. The second-order valence-electron chi connectivity index (χ2n) is 23.9. The molecule has 0 fully saturated rings. The van der Waals surface area contributed by atoms with Crippen molar-refractivity contribution in [2.45, 2.75) is 91.3 Å². The molecule has 11 aromatic rings. The van der Waals surface area contributed by atoms with Gasteiger partial charge in [-0.25, -0.2) is 4.98 Å². The molecule has 0 atom stereocenters. The molecule has 0 N–H and O–H groups in total. The molecule has 0 spiro atoms. The summed E-state index contributed by atoms with van der Waals surface area (Å²) in [5, 5.41) is 1.99. The standard InChI is InChI=1S/C74H68N4O/c1-48-41-52(31-36-58(48)51-29-33-54(34-30-51)72(3,4)5)59-24-18-25-60(53-32-38-64-65(43-53)74(8,9)40-39-73(64,6)7)71(59)77-47-76(67-27-15-16-28-68(67)77)55-21-17-22-56(44-55)79-57-35-37-62-61-23-13-14-26-66(61)78(69(62)45-57)70-42-49(2)63(46-75-70)50-19-11-10-12-20-50/h10-38,41-46H,39-40,47H2,1-9H3/i1D3,2D3. The van der Waals surface area contributed by atoms with Crippen LogP contribution in [0.25, 0.3) is 72.1 Å². The van der Waals surface area contributed by atoms with Gasteiger partial charge in [0.2, 0.25) is 0 Å². The highest BCUT2D eigenvalue weighted by Gasteiger charge is 2.38. The van der Waals surface area contributed by atoms with Crippen LogP contribution < -0.4 is 14.5 Å². The lowest BCUT2D eigenvalue weighted by atomic mass is 9.63. The molecule has 1 aliphatic carbocycles. The van der Waals surface area contributed by atoms with Crippen molar-refractivity contribution in [3.05, 3.63) is 240 Å². The number of hydrogen-bond acceptors (Lipinski definition) is 4. The third kappa shape index (κ3) is 8.86. The van der Waals surface area contributed by atoms with E-state index in [1.807, 2.05) is 89.5 Å². The number of nitrogens with zero attached hydrogens (tertiary/aromatic N) is 4. The monoisotopic (exact) mass is 1030 g/mol. The summed E-state index contributed by atoms with van der Waals surface area (Å²) < 4.78 is 61.6. The van der Waals surface area contributed by atoms with E-state index in [9.17, 15) is 0 Å². The van der Waals surface area contributed by atoms with Crippen LogP contribution in [0.2, 0.25) is 0 Å². The van der Waals surface area contributed by atoms with Crippen molar-refractivity contribution in [1.82, 2.24) is 9.55 Å². The number of hydrogen-bond donors (Lipinski definition) is 0. The van der Waals surface area contributed by atoms with Crippen molar-refractivity contribution in [2.24, 2.45) is 0 Å². The smallest absolute Gasteiger partial charge is 0.137 e. The maximum absolute atomic E-state index is 8.97. The van der Waals surface area contributed by atoms with Crippen molar-refractivity contribution >= 4 is 44.6 Å². The third-order valence-corrected chi connectivity index (χ3v) is 16.8. The largest absolute Gasteiger partial charge is 0.457 e. The molecule has 0 saturated heterocycles. The van der Waals surface area contributed by atoms with Gasteiger partial charge in [0.05, 0.1) is 28.1 Å². The van der Waals surface area contributed by atoms with Gasteiger partial charge in [-0.05, 0) is 147 Å². The molecule has 2 aliphatic rings. The quantitative estimate of drug-likeness (QED) is 0.144. The molecule has 2 aromatic heterocycles. The zero-order valence-electron chi connectivity index (χ0n) is 52.0. The van der Waals surface area contributed by atoms with E-state index in [0.717, 1.165) is 90.8 Å². The van der Waals surface area contributed by atoms with E-state index in [1.165, 1.54) is 16.7 Å². The highest BCUT2D eigenvalue weighted by molar-refractivity contribution is 6.09. The fourth-order valence-corrected chi connectivity index (χ4v) is 12.3. The van der Waals surface area contributed by atoms with Crippen molar-refractivity contribution in [2.75, 3.05) is 16.5 Å². The Hall–Kier alpha value is -8.67. The highest BCUT2D eigenvalue weighted by atomic mass is 16.5. The predicted molar refractivity (Wildman–Crippen MR) is 332 cm³/mol. The molecule has 0 unspecified atom stereocenters. The molecule has 0 saturated carbocycles. The third-order valence-electron chi connectivity index (χ3n) is 16.8. The van der Waals surface area contributed by atoms with E-state index in [4.69, 9.17) is 17.9 Å². The Labute approximate surface area is 474 Å². The van der Waals surface area contributed by atoms with Gasteiger partial charge in [0.1, 0.15) is 24.0 Å². The number of aromatic nitrogens is 2. The molecular formula is C74H68N4O. The number of fused-ring (bicyclic) bond motifs is 5. The minimum absolute atomic E-state index is 0.0276. The normalized spacial score (nSPS) is 16.1. The van der Waals surface area contributed by atoms with Crippen molar-refractivity contribution < 1.29 is 13.0 Å². The summed E-state index contributed by atoms with van der Waals surface area (Å²) in [7, 11) is 0. The van der Waals surface area contributed by atoms with Gasteiger partial charge in [-0.15, -0.1) is 0 Å². The number of aryl methyl sites for hydroxylation is 2. The lowest BCUT2D eigenvalue weighted by molar-refractivity contribution is 0.332. The van der Waals surface area contributed by atoms with Crippen LogP contribution in [-0.4, -0.2) is 16.2 Å². The van der Waals surface area contributed by atoms with Crippen LogP contribution in [-0.2, 0) is 16.2 Å². The van der Waals surface area contributed by atoms with Gasteiger partial charge in [0.15, 0.2) is 0 Å². The Kier molecular flexibility index (Phi) is 10.5. The molecule has 3 heterocycles.